The number of hydrogen-bond donors (Lipinski definition) is 1. The van der Waals surface area contributed by atoms with Gasteiger partial charge in [-0.05, 0) is 24.3 Å². The maximum absolute atomic E-state index is 14.5. The fourth-order valence-electron chi connectivity index (χ4n) is 3.10. The number of rotatable bonds is 5. The number of anilines is 1. The van der Waals surface area contributed by atoms with Crippen molar-refractivity contribution in [2.24, 2.45) is 5.92 Å². The van der Waals surface area contributed by atoms with Crippen LogP contribution in [0, 0.1) is 11.7 Å². The Bertz CT molecular complexity index is 923. The molecule has 1 aromatic carbocycles. The van der Waals surface area contributed by atoms with Crippen molar-refractivity contribution < 1.29 is 27.5 Å². The number of aromatic nitrogens is 1. The van der Waals surface area contributed by atoms with E-state index in [-0.39, 0.29) is 13.1 Å². The van der Waals surface area contributed by atoms with Gasteiger partial charge in [0.1, 0.15) is 17.8 Å². The minimum atomic E-state index is -2.95. The molecule has 4 rings (SSSR count). The molecule has 1 saturated heterocycles. The first kappa shape index (κ1) is 18.3. The number of carbonyl (C=O) groups is 2. The lowest BCUT2D eigenvalue weighted by molar-refractivity contribution is -0.124. The van der Waals surface area contributed by atoms with Crippen molar-refractivity contribution in [3.8, 4) is 11.1 Å². The van der Waals surface area contributed by atoms with Gasteiger partial charge in [0.25, 0.3) is 5.92 Å². The number of alkyl halides is 2. The van der Waals surface area contributed by atoms with E-state index >= 15 is 0 Å². The average Bonchev–Trinajstić information content (AvgIpc) is 3.15. The molecule has 0 spiro atoms. The van der Waals surface area contributed by atoms with Gasteiger partial charge in [-0.1, -0.05) is 6.07 Å². The Hall–Kier alpha value is -3.10. The fourth-order valence-corrected chi connectivity index (χ4v) is 3.10. The Labute approximate surface area is 158 Å². The number of nitrogens with one attached hydrogen (secondary N) is 1. The van der Waals surface area contributed by atoms with Crippen LogP contribution in [0.2, 0.25) is 0 Å². The van der Waals surface area contributed by atoms with Crippen molar-refractivity contribution in [2.45, 2.75) is 18.4 Å². The number of pyridine rings is 1. The molecule has 1 aromatic heterocycles. The Morgan fingerprint density at radius 1 is 1.36 bits per heavy atom. The van der Waals surface area contributed by atoms with Crippen molar-refractivity contribution in [3.63, 3.8) is 0 Å². The van der Waals surface area contributed by atoms with E-state index in [1.165, 1.54) is 17.2 Å². The van der Waals surface area contributed by atoms with E-state index in [1.807, 2.05) is 0 Å². The average molecular weight is 391 g/mol. The maximum atomic E-state index is 14.5. The van der Waals surface area contributed by atoms with E-state index in [2.05, 4.69) is 10.3 Å². The van der Waals surface area contributed by atoms with Crippen LogP contribution < -0.4 is 10.2 Å². The van der Waals surface area contributed by atoms with Crippen LogP contribution in [0.5, 0.6) is 0 Å². The molecule has 2 heterocycles. The van der Waals surface area contributed by atoms with E-state index < -0.39 is 42.2 Å². The molecule has 2 amide bonds. The Morgan fingerprint density at radius 2 is 2.14 bits per heavy atom. The van der Waals surface area contributed by atoms with Crippen molar-refractivity contribution in [1.82, 2.24) is 10.3 Å². The smallest absolute Gasteiger partial charge is 0.414 e. The summed E-state index contributed by atoms with van der Waals surface area (Å²) in [7, 11) is 0. The van der Waals surface area contributed by atoms with Gasteiger partial charge < -0.3 is 10.1 Å². The topological polar surface area (TPSA) is 71.5 Å². The zero-order valence-corrected chi connectivity index (χ0v) is 14.6. The van der Waals surface area contributed by atoms with Crippen LogP contribution in [0.4, 0.5) is 23.7 Å². The lowest BCUT2D eigenvalue weighted by Crippen LogP contribution is -2.36. The van der Waals surface area contributed by atoms with Gasteiger partial charge >= 0.3 is 6.09 Å². The third kappa shape index (κ3) is 3.51. The number of ether oxygens (including phenoxy) is 1. The summed E-state index contributed by atoms with van der Waals surface area (Å²) in [5.41, 5.74) is 1.25. The third-order valence-electron chi connectivity index (χ3n) is 4.76. The van der Waals surface area contributed by atoms with Crippen LogP contribution in [-0.2, 0) is 9.53 Å². The molecule has 2 aromatic rings. The molecule has 1 N–H and O–H groups in total. The zero-order valence-electron chi connectivity index (χ0n) is 14.6. The number of halogens is 3. The van der Waals surface area contributed by atoms with Gasteiger partial charge in [-0.2, -0.15) is 0 Å². The van der Waals surface area contributed by atoms with Crippen LogP contribution in [0.15, 0.2) is 42.7 Å². The largest absolute Gasteiger partial charge is 0.442 e. The SMILES string of the molecule is O=C(NC[C@H]1CN(c2ccc(-c3cccnc3)c(F)c2)C(=O)O1)C1CC1(F)F. The summed E-state index contributed by atoms with van der Waals surface area (Å²) in [6, 6.07) is 7.75. The lowest BCUT2D eigenvalue weighted by atomic mass is 10.1. The van der Waals surface area contributed by atoms with Crippen LogP contribution in [0.25, 0.3) is 11.1 Å². The van der Waals surface area contributed by atoms with Gasteiger partial charge in [0.05, 0.1) is 18.8 Å². The number of amides is 2. The summed E-state index contributed by atoms with van der Waals surface area (Å²) in [6.45, 7) is -0.00421. The summed E-state index contributed by atoms with van der Waals surface area (Å²) in [5.74, 6) is -5.54. The summed E-state index contributed by atoms with van der Waals surface area (Å²) in [5, 5.41) is 2.37. The van der Waals surface area contributed by atoms with Crippen molar-refractivity contribution in [1.29, 1.82) is 0 Å². The highest BCUT2D eigenvalue weighted by atomic mass is 19.3. The highest BCUT2D eigenvalue weighted by Gasteiger charge is 2.61. The van der Waals surface area contributed by atoms with Crippen LogP contribution >= 0.6 is 0 Å². The van der Waals surface area contributed by atoms with Crippen molar-refractivity contribution >= 4 is 17.7 Å². The van der Waals surface area contributed by atoms with Crippen molar-refractivity contribution in [3.05, 3.63) is 48.5 Å². The Balaban J connectivity index is 1.40. The number of nitrogens with zero attached hydrogens (tertiary/aromatic N) is 2. The first-order chi connectivity index (χ1) is 13.3. The monoisotopic (exact) mass is 391 g/mol. The van der Waals surface area contributed by atoms with E-state index in [4.69, 9.17) is 4.74 Å². The summed E-state index contributed by atoms with van der Waals surface area (Å²) < 4.78 is 45.4. The predicted molar refractivity (Wildman–Crippen MR) is 93.3 cm³/mol. The van der Waals surface area contributed by atoms with Crippen LogP contribution in [-0.4, -0.2) is 42.1 Å². The van der Waals surface area contributed by atoms with E-state index in [0.717, 1.165) is 0 Å². The van der Waals surface area contributed by atoms with Crippen LogP contribution in [0.1, 0.15) is 6.42 Å². The minimum Gasteiger partial charge on any atom is -0.442 e. The first-order valence-electron chi connectivity index (χ1n) is 8.69. The van der Waals surface area contributed by atoms with Gasteiger partial charge in [0.15, 0.2) is 0 Å². The lowest BCUT2D eigenvalue weighted by Gasteiger charge is -2.14. The van der Waals surface area contributed by atoms with Crippen molar-refractivity contribution in [2.75, 3.05) is 18.0 Å². The van der Waals surface area contributed by atoms with Gasteiger partial charge in [-0.25, -0.2) is 18.0 Å². The predicted octanol–water partition coefficient (Wildman–Crippen LogP) is 2.98. The van der Waals surface area contributed by atoms with Gasteiger partial charge in [0.2, 0.25) is 5.91 Å². The molecular weight excluding hydrogens is 375 g/mol. The molecule has 2 aliphatic rings. The van der Waals surface area contributed by atoms with E-state index in [9.17, 15) is 22.8 Å². The molecule has 1 unspecified atom stereocenters. The third-order valence-corrected chi connectivity index (χ3v) is 4.76. The van der Waals surface area contributed by atoms with Gasteiger partial charge in [-0.3, -0.25) is 14.7 Å². The number of benzene rings is 1. The maximum Gasteiger partial charge on any atom is 0.414 e. The molecule has 2 atom stereocenters. The van der Waals surface area contributed by atoms with E-state index in [1.54, 1.807) is 30.5 Å². The first-order valence-corrected chi connectivity index (χ1v) is 8.69. The fraction of sp³-hybridized carbons (Fsp3) is 0.316. The zero-order chi connectivity index (χ0) is 19.9. The summed E-state index contributed by atoms with van der Waals surface area (Å²) in [6.07, 6.45) is 1.26. The molecule has 0 radical (unpaired) electrons. The molecule has 0 bridgehead atoms. The normalized spacial score (nSPS) is 22.7. The molecule has 1 aliphatic heterocycles. The number of hydrogen-bond acceptors (Lipinski definition) is 4. The standard InChI is InChI=1S/C19H16F3N3O3/c20-16-6-12(3-4-14(16)11-2-1-5-23-8-11)25-10-13(28-18(25)27)9-24-17(26)15-7-19(15,21)22/h1-6,8,13,15H,7,9-10H2,(H,24,26)/t13-,15?/m0/s1. The molecule has 146 valence electrons. The molecule has 1 saturated carbocycles. The molecule has 2 fully saturated rings. The molecule has 9 heteroatoms. The highest BCUT2D eigenvalue weighted by molar-refractivity contribution is 5.90. The van der Waals surface area contributed by atoms with Gasteiger partial charge in [-0.15, -0.1) is 0 Å². The number of carbonyl (C=O) groups excluding carboxylic acids is 2. The second kappa shape index (κ2) is 6.81. The minimum absolute atomic E-state index is 0.0753. The molecular formula is C19H16F3N3O3. The second-order valence-electron chi connectivity index (χ2n) is 6.79. The Kier molecular flexibility index (Phi) is 4.44. The molecule has 28 heavy (non-hydrogen) atoms. The van der Waals surface area contributed by atoms with Gasteiger partial charge in [0, 0.05) is 29.9 Å². The number of cyclic esters (lactones) is 1. The Morgan fingerprint density at radius 3 is 2.79 bits per heavy atom. The summed E-state index contributed by atoms with van der Waals surface area (Å²) in [4.78, 5) is 28.9. The molecule has 1 aliphatic carbocycles. The summed E-state index contributed by atoms with van der Waals surface area (Å²) >= 11 is 0. The molecule has 6 nitrogen and oxygen atoms in total. The quantitative estimate of drug-likeness (QED) is 0.851. The highest BCUT2D eigenvalue weighted by Crippen LogP contribution is 2.48. The van der Waals surface area contributed by atoms with Crippen LogP contribution in [0.3, 0.4) is 0 Å². The van der Waals surface area contributed by atoms with E-state index in [0.29, 0.717) is 16.8 Å². The second-order valence-corrected chi connectivity index (χ2v) is 6.79.